The molecular weight excluding hydrogens is 242 g/mol. The lowest BCUT2D eigenvalue weighted by Crippen LogP contribution is -2.12. The Labute approximate surface area is 112 Å². The van der Waals surface area contributed by atoms with Gasteiger partial charge in [-0.1, -0.05) is 0 Å². The Hall–Kier alpha value is -1.85. The Bertz CT molecular complexity index is 578. The van der Waals surface area contributed by atoms with E-state index in [1.807, 2.05) is 26.0 Å². The minimum Gasteiger partial charge on any atom is -0.496 e. The van der Waals surface area contributed by atoms with Crippen LogP contribution >= 0.6 is 0 Å². The quantitative estimate of drug-likeness (QED) is 0.782. The van der Waals surface area contributed by atoms with Crippen LogP contribution in [0.25, 0.3) is 11.3 Å². The Balaban J connectivity index is 2.42. The lowest BCUT2D eigenvalue weighted by molar-refractivity contribution is 0.177. The third kappa shape index (κ3) is 2.62. The highest BCUT2D eigenvalue weighted by Crippen LogP contribution is 2.29. The van der Waals surface area contributed by atoms with Crippen molar-refractivity contribution in [2.24, 2.45) is 5.73 Å². The molecule has 1 aromatic carbocycles. The number of imidazole rings is 1. The lowest BCUT2D eigenvalue weighted by atomic mass is 10.0. The van der Waals surface area contributed by atoms with Gasteiger partial charge in [0.2, 0.25) is 0 Å². The number of hydrogen-bond acceptors (Lipinski definition) is 4. The minimum absolute atomic E-state index is 0.146. The summed E-state index contributed by atoms with van der Waals surface area (Å²) >= 11 is 0. The SMILES string of the molecule is COc1cc(C)c(-c2cnc(C(O)CN)[nH]2)cc1C. The summed E-state index contributed by atoms with van der Waals surface area (Å²) in [5.74, 6) is 1.35. The topological polar surface area (TPSA) is 84.2 Å². The van der Waals surface area contributed by atoms with Crippen molar-refractivity contribution in [3.8, 4) is 17.0 Å². The van der Waals surface area contributed by atoms with Crippen LogP contribution in [0.2, 0.25) is 0 Å². The van der Waals surface area contributed by atoms with Crippen molar-refractivity contribution in [3.05, 3.63) is 35.3 Å². The fourth-order valence-electron chi connectivity index (χ4n) is 2.05. The Morgan fingerprint density at radius 1 is 1.37 bits per heavy atom. The van der Waals surface area contributed by atoms with E-state index in [0.717, 1.165) is 28.1 Å². The molecule has 0 aliphatic rings. The molecule has 19 heavy (non-hydrogen) atoms. The van der Waals surface area contributed by atoms with Gasteiger partial charge in [0.15, 0.2) is 0 Å². The molecule has 5 nitrogen and oxygen atoms in total. The smallest absolute Gasteiger partial charge is 0.136 e. The molecule has 2 rings (SSSR count). The summed E-state index contributed by atoms with van der Waals surface area (Å²) in [6.07, 6.45) is 0.955. The number of nitrogens with one attached hydrogen (secondary N) is 1. The van der Waals surface area contributed by atoms with E-state index in [4.69, 9.17) is 10.5 Å². The van der Waals surface area contributed by atoms with Crippen LogP contribution in [0.3, 0.4) is 0 Å². The standard InChI is InChI=1S/C14H19N3O2/c1-8-5-13(19-3)9(2)4-10(8)11-7-16-14(17-11)12(18)6-15/h4-5,7,12,18H,6,15H2,1-3H3,(H,16,17). The molecule has 4 N–H and O–H groups in total. The summed E-state index contributed by atoms with van der Waals surface area (Å²) in [7, 11) is 1.66. The third-order valence-electron chi connectivity index (χ3n) is 3.17. The number of aliphatic hydroxyl groups excluding tert-OH is 1. The predicted molar refractivity (Wildman–Crippen MR) is 74.1 cm³/mol. The van der Waals surface area contributed by atoms with E-state index in [-0.39, 0.29) is 6.54 Å². The summed E-state index contributed by atoms with van der Waals surface area (Å²) in [6, 6.07) is 4.03. The van der Waals surface area contributed by atoms with Gasteiger partial charge in [0, 0.05) is 12.1 Å². The van der Waals surface area contributed by atoms with Gasteiger partial charge < -0.3 is 20.6 Å². The normalized spacial score (nSPS) is 12.5. The van der Waals surface area contributed by atoms with Crippen LogP contribution in [-0.2, 0) is 0 Å². The molecule has 1 unspecified atom stereocenters. The van der Waals surface area contributed by atoms with E-state index >= 15 is 0 Å². The zero-order valence-corrected chi connectivity index (χ0v) is 11.4. The van der Waals surface area contributed by atoms with Crippen molar-refractivity contribution in [3.63, 3.8) is 0 Å². The summed E-state index contributed by atoms with van der Waals surface area (Å²) in [5, 5.41) is 9.66. The first-order valence-corrected chi connectivity index (χ1v) is 6.15. The van der Waals surface area contributed by atoms with Crippen molar-refractivity contribution in [1.82, 2.24) is 9.97 Å². The van der Waals surface area contributed by atoms with Crippen molar-refractivity contribution < 1.29 is 9.84 Å². The zero-order valence-electron chi connectivity index (χ0n) is 11.4. The number of aromatic nitrogens is 2. The molecule has 0 radical (unpaired) electrons. The van der Waals surface area contributed by atoms with Gasteiger partial charge in [-0.3, -0.25) is 0 Å². The average molecular weight is 261 g/mol. The van der Waals surface area contributed by atoms with Crippen LogP contribution in [0.15, 0.2) is 18.3 Å². The zero-order chi connectivity index (χ0) is 14.0. The number of ether oxygens (including phenoxy) is 1. The number of benzene rings is 1. The molecule has 0 bridgehead atoms. The number of methoxy groups -OCH3 is 1. The molecule has 0 aliphatic heterocycles. The first-order valence-electron chi connectivity index (χ1n) is 6.15. The summed E-state index contributed by atoms with van der Waals surface area (Å²) in [4.78, 5) is 7.26. The second kappa shape index (κ2) is 5.42. The van der Waals surface area contributed by atoms with E-state index in [0.29, 0.717) is 5.82 Å². The minimum atomic E-state index is -0.756. The molecular formula is C14H19N3O2. The lowest BCUT2D eigenvalue weighted by Gasteiger charge is -2.10. The van der Waals surface area contributed by atoms with Gasteiger partial charge in [-0.25, -0.2) is 4.98 Å². The number of nitrogens with zero attached hydrogens (tertiary/aromatic N) is 1. The second-order valence-corrected chi connectivity index (χ2v) is 4.57. The number of H-pyrrole nitrogens is 1. The Morgan fingerprint density at radius 3 is 2.74 bits per heavy atom. The molecule has 0 saturated carbocycles. The molecule has 1 atom stereocenters. The number of nitrogens with two attached hydrogens (primary N) is 1. The van der Waals surface area contributed by atoms with Crippen LogP contribution in [0.5, 0.6) is 5.75 Å². The highest BCUT2D eigenvalue weighted by molar-refractivity contribution is 5.66. The fraction of sp³-hybridized carbons (Fsp3) is 0.357. The third-order valence-corrected chi connectivity index (χ3v) is 3.17. The maximum absolute atomic E-state index is 9.66. The number of aryl methyl sites for hydroxylation is 2. The van der Waals surface area contributed by atoms with Gasteiger partial charge in [0.25, 0.3) is 0 Å². The van der Waals surface area contributed by atoms with Crippen LogP contribution < -0.4 is 10.5 Å². The van der Waals surface area contributed by atoms with Crippen LogP contribution in [-0.4, -0.2) is 28.7 Å². The maximum Gasteiger partial charge on any atom is 0.136 e. The monoisotopic (exact) mass is 261 g/mol. The highest BCUT2D eigenvalue weighted by atomic mass is 16.5. The van der Waals surface area contributed by atoms with Gasteiger partial charge in [0.1, 0.15) is 17.7 Å². The molecule has 1 heterocycles. The maximum atomic E-state index is 9.66. The van der Waals surface area contributed by atoms with Crippen molar-refractivity contribution in [2.75, 3.05) is 13.7 Å². The van der Waals surface area contributed by atoms with Crippen molar-refractivity contribution in [1.29, 1.82) is 0 Å². The predicted octanol–water partition coefficient (Wildman–Crippen LogP) is 1.69. The van der Waals surface area contributed by atoms with Crippen LogP contribution in [0.1, 0.15) is 23.1 Å². The van der Waals surface area contributed by atoms with Gasteiger partial charge in [-0.15, -0.1) is 0 Å². The van der Waals surface area contributed by atoms with Crippen LogP contribution in [0.4, 0.5) is 0 Å². The summed E-state index contributed by atoms with van der Waals surface area (Å²) < 4.78 is 5.30. The molecule has 2 aromatic rings. The number of aromatic amines is 1. The number of hydrogen-bond donors (Lipinski definition) is 3. The van der Waals surface area contributed by atoms with Crippen molar-refractivity contribution in [2.45, 2.75) is 20.0 Å². The van der Waals surface area contributed by atoms with Gasteiger partial charge >= 0.3 is 0 Å². The van der Waals surface area contributed by atoms with Crippen molar-refractivity contribution >= 4 is 0 Å². The van der Waals surface area contributed by atoms with Gasteiger partial charge in [-0.05, 0) is 37.1 Å². The summed E-state index contributed by atoms with van der Waals surface area (Å²) in [5.41, 5.74) is 9.46. The fourth-order valence-corrected chi connectivity index (χ4v) is 2.05. The van der Waals surface area contributed by atoms with Gasteiger partial charge in [-0.2, -0.15) is 0 Å². The van der Waals surface area contributed by atoms with E-state index in [1.165, 1.54) is 0 Å². The van der Waals surface area contributed by atoms with E-state index < -0.39 is 6.10 Å². The van der Waals surface area contributed by atoms with E-state index in [2.05, 4.69) is 9.97 Å². The Kier molecular flexibility index (Phi) is 3.87. The molecule has 1 aromatic heterocycles. The second-order valence-electron chi connectivity index (χ2n) is 4.57. The summed E-state index contributed by atoms with van der Waals surface area (Å²) in [6.45, 7) is 4.15. The molecule has 5 heteroatoms. The van der Waals surface area contributed by atoms with E-state index in [1.54, 1.807) is 13.3 Å². The largest absolute Gasteiger partial charge is 0.496 e. The molecule has 0 amide bonds. The average Bonchev–Trinajstić information content (AvgIpc) is 2.89. The van der Waals surface area contributed by atoms with E-state index in [9.17, 15) is 5.11 Å². The molecule has 0 aliphatic carbocycles. The highest BCUT2D eigenvalue weighted by Gasteiger charge is 2.13. The van der Waals surface area contributed by atoms with Crippen LogP contribution in [0, 0.1) is 13.8 Å². The van der Waals surface area contributed by atoms with Gasteiger partial charge in [0.05, 0.1) is 19.0 Å². The molecule has 0 spiro atoms. The number of aliphatic hydroxyl groups is 1. The molecule has 0 fully saturated rings. The molecule has 102 valence electrons. The first-order chi connectivity index (χ1) is 9.06. The first kappa shape index (κ1) is 13.6. The number of rotatable bonds is 4. The Morgan fingerprint density at radius 2 is 2.11 bits per heavy atom. The molecule has 0 saturated heterocycles.